The van der Waals surface area contributed by atoms with Gasteiger partial charge in [-0.3, -0.25) is 4.79 Å². The first-order valence-corrected chi connectivity index (χ1v) is 7.84. The van der Waals surface area contributed by atoms with Crippen molar-refractivity contribution in [3.63, 3.8) is 0 Å². The van der Waals surface area contributed by atoms with E-state index in [0.29, 0.717) is 12.2 Å². The lowest BCUT2D eigenvalue weighted by molar-refractivity contribution is -0.140. The van der Waals surface area contributed by atoms with E-state index in [0.717, 1.165) is 12.0 Å². The zero-order valence-electron chi connectivity index (χ0n) is 14.2. The zero-order chi connectivity index (χ0) is 16.4. The SMILES string of the molecule is C=C(F)C1=C(/C=C\C)C(C(C)C)(C(C)CC)C(=O)N1CC. The molecule has 1 heterocycles. The summed E-state index contributed by atoms with van der Waals surface area (Å²) >= 11 is 0. The molecule has 2 nitrogen and oxygen atoms in total. The standard InChI is InChI=1S/C18H28FNO/c1-8-11-15-16(14(7)19)20(10-3)17(21)18(15,12(4)5)13(6)9-2/h8,11-13H,7,9-10H2,1-6H3/b11-8-. The van der Waals surface area contributed by atoms with Gasteiger partial charge in [0.05, 0.1) is 11.1 Å². The van der Waals surface area contributed by atoms with E-state index in [1.165, 1.54) is 0 Å². The molecule has 1 aliphatic rings. The summed E-state index contributed by atoms with van der Waals surface area (Å²) in [5.41, 5.74) is 0.491. The van der Waals surface area contributed by atoms with Crippen LogP contribution in [-0.2, 0) is 4.79 Å². The van der Waals surface area contributed by atoms with Crippen LogP contribution in [0.15, 0.2) is 35.8 Å². The third kappa shape index (κ3) is 2.47. The first kappa shape index (κ1) is 17.7. The number of carbonyl (C=O) groups excluding carboxylic acids is 1. The average Bonchev–Trinajstić information content (AvgIpc) is 2.68. The molecule has 0 N–H and O–H groups in total. The molecule has 0 aromatic carbocycles. The second kappa shape index (κ2) is 6.59. The van der Waals surface area contributed by atoms with Crippen molar-refractivity contribution >= 4 is 5.91 Å². The Hall–Kier alpha value is -1.38. The summed E-state index contributed by atoms with van der Waals surface area (Å²) in [4.78, 5) is 14.7. The highest BCUT2D eigenvalue weighted by Gasteiger charge is 2.56. The first-order chi connectivity index (χ1) is 9.80. The molecule has 0 saturated heterocycles. The number of hydrogen-bond donors (Lipinski definition) is 0. The van der Waals surface area contributed by atoms with E-state index in [-0.39, 0.29) is 17.7 Å². The molecule has 3 heteroatoms. The molecule has 1 rings (SSSR count). The van der Waals surface area contributed by atoms with E-state index in [9.17, 15) is 9.18 Å². The molecular weight excluding hydrogens is 265 g/mol. The summed E-state index contributed by atoms with van der Waals surface area (Å²) in [6.45, 7) is 15.9. The summed E-state index contributed by atoms with van der Waals surface area (Å²) < 4.78 is 14.1. The van der Waals surface area contributed by atoms with Crippen LogP contribution in [0.1, 0.15) is 48.0 Å². The van der Waals surface area contributed by atoms with E-state index in [2.05, 4.69) is 20.4 Å². The lowest BCUT2D eigenvalue weighted by Crippen LogP contribution is -2.45. The Bertz CT molecular complexity index is 489. The third-order valence-corrected chi connectivity index (χ3v) is 4.78. The molecule has 1 amide bonds. The molecule has 2 atom stereocenters. The Morgan fingerprint density at radius 2 is 1.95 bits per heavy atom. The van der Waals surface area contributed by atoms with Crippen molar-refractivity contribution in [3.05, 3.63) is 35.8 Å². The minimum atomic E-state index is -0.665. The average molecular weight is 293 g/mol. The number of carbonyl (C=O) groups is 1. The van der Waals surface area contributed by atoms with Crippen molar-refractivity contribution in [1.82, 2.24) is 4.90 Å². The number of likely N-dealkylation sites (N-methyl/N-ethyl adjacent to an activating group) is 1. The second-order valence-electron chi connectivity index (χ2n) is 6.05. The fourth-order valence-corrected chi connectivity index (χ4v) is 3.68. The predicted octanol–water partition coefficient (Wildman–Crippen LogP) is 4.85. The Kier molecular flexibility index (Phi) is 5.54. The smallest absolute Gasteiger partial charge is 0.238 e. The maximum absolute atomic E-state index is 14.1. The van der Waals surface area contributed by atoms with Gasteiger partial charge in [-0.15, -0.1) is 0 Å². The minimum Gasteiger partial charge on any atom is -0.309 e. The largest absolute Gasteiger partial charge is 0.309 e. The fourth-order valence-electron chi connectivity index (χ4n) is 3.68. The summed E-state index contributed by atoms with van der Waals surface area (Å²) in [6.07, 6.45) is 4.64. The van der Waals surface area contributed by atoms with Crippen LogP contribution in [0, 0.1) is 17.3 Å². The molecule has 0 spiro atoms. The number of amides is 1. The van der Waals surface area contributed by atoms with Crippen LogP contribution in [0.4, 0.5) is 4.39 Å². The van der Waals surface area contributed by atoms with Gasteiger partial charge in [0.1, 0.15) is 5.83 Å². The molecule has 0 bridgehead atoms. The Morgan fingerprint density at radius 3 is 2.29 bits per heavy atom. The monoisotopic (exact) mass is 293 g/mol. The van der Waals surface area contributed by atoms with Crippen LogP contribution in [-0.4, -0.2) is 17.4 Å². The van der Waals surface area contributed by atoms with Crippen molar-refractivity contribution < 1.29 is 9.18 Å². The highest BCUT2D eigenvalue weighted by atomic mass is 19.1. The summed E-state index contributed by atoms with van der Waals surface area (Å²) in [5.74, 6) is -0.278. The maximum atomic E-state index is 14.1. The van der Waals surface area contributed by atoms with Gasteiger partial charge in [0.25, 0.3) is 0 Å². The van der Waals surface area contributed by atoms with Gasteiger partial charge < -0.3 is 4.90 Å². The highest BCUT2D eigenvalue weighted by Crippen LogP contribution is 2.53. The van der Waals surface area contributed by atoms with Crippen molar-refractivity contribution in [2.45, 2.75) is 48.0 Å². The van der Waals surface area contributed by atoms with Gasteiger partial charge in [-0.05, 0) is 31.3 Å². The summed E-state index contributed by atoms with van der Waals surface area (Å²) in [7, 11) is 0. The fraction of sp³-hybridized carbons (Fsp3) is 0.611. The van der Waals surface area contributed by atoms with Gasteiger partial charge in [0.2, 0.25) is 5.91 Å². The molecule has 0 aromatic rings. The van der Waals surface area contributed by atoms with Gasteiger partial charge in [-0.25, -0.2) is 4.39 Å². The first-order valence-electron chi connectivity index (χ1n) is 7.84. The Morgan fingerprint density at radius 1 is 1.38 bits per heavy atom. The van der Waals surface area contributed by atoms with E-state index in [4.69, 9.17) is 0 Å². The quantitative estimate of drug-likeness (QED) is 0.685. The van der Waals surface area contributed by atoms with E-state index in [1.807, 2.05) is 39.8 Å². The van der Waals surface area contributed by atoms with Crippen molar-refractivity contribution in [1.29, 1.82) is 0 Å². The van der Waals surface area contributed by atoms with Gasteiger partial charge >= 0.3 is 0 Å². The van der Waals surface area contributed by atoms with Crippen LogP contribution in [0.3, 0.4) is 0 Å². The molecule has 118 valence electrons. The summed E-state index contributed by atoms with van der Waals surface area (Å²) in [6, 6.07) is 0. The second-order valence-corrected chi connectivity index (χ2v) is 6.05. The lowest BCUT2D eigenvalue weighted by atomic mass is 9.63. The molecule has 0 saturated carbocycles. The van der Waals surface area contributed by atoms with Crippen molar-refractivity contribution in [2.24, 2.45) is 17.3 Å². The molecule has 0 aliphatic carbocycles. The van der Waals surface area contributed by atoms with Crippen LogP contribution in [0.5, 0.6) is 0 Å². The van der Waals surface area contributed by atoms with Crippen molar-refractivity contribution in [2.75, 3.05) is 6.54 Å². The van der Waals surface area contributed by atoms with Gasteiger partial charge in [0, 0.05) is 6.54 Å². The molecule has 21 heavy (non-hydrogen) atoms. The number of allylic oxidation sites excluding steroid dienone is 3. The molecule has 0 aromatic heterocycles. The van der Waals surface area contributed by atoms with Crippen LogP contribution in [0.25, 0.3) is 0 Å². The van der Waals surface area contributed by atoms with Crippen molar-refractivity contribution in [3.8, 4) is 0 Å². The number of nitrogens with zero attached hydrogens (tertiary/aromatic N) is 1. The molecule has 0 radical (unpaired) electrons. The molecule has 1 aliphatic heterocycles. The third-order valence-electron chi connectivity index (χ3n) is 4.78. The lowest BCUT2D eigenvalue weighted by Gasteiger charge is -2.39. The number of halogens is 1. The minimum absolute atomic E-state index is 0.0104. The van der Waals surface area contributed by atoms with E-state index >= 15 is 0 Å². The molecular formula is C18H28FNO. The maximum Gasteiger partial charge on any atom is 0.238 e. The number of rotatable bonds is 6. The predicted molar refractivity (Wildman–Crippen MR) is 86.2 cm³/mol. The van der Waals surface area contributed by atoms with Crippen LogP contribution in [0.2, 0.25) is 0 Å². The molecule has 2 unspecified atom stereocenters. The Labute approximate surface area is 128 Å². The summed E-state index contributed by atoms with van der Waals surface area (Å²) in [5, 5.41) is 0. The zero-order valence-corrected chi connectivity index (χ0v) is 14.2. The van der Waals surface area contributed by atoms with E-state index < -0.39 is 11.2 Å². The molecule has 0 fully saturated rings. The topological polar surface area (TPSA) is 20.3 Å². The highest BCUT2D eigenvalue weighted by molar-refractivity contribution is 5.93. The van der Waals surface area contributed by atoms with Crippen LogP contribution < -0.4 is 0 Å². The normalized spacial score (nSPS) is 24.6. The van der Waals surface area contributed by atoms with Gasteiger partial charge in [0.15, 0.2) is 0 Å². The van der Waals surface area contributed by atoms with Crippen LogP contribution >= 0.6 is 0 Å². The van der Waals surface area contributed by atoms with E-state index in [1.54, 1.807) is 4.90 Å². The Balaban J connectivity index is 3.75. The van der Waals surface area contributed by atoms with Gasteiger partial charge in [-0.2, -0.15) is 0 Å². The van der Waals surface area contributed by atoms with Gasteiger partial charge in [-0.1, -0.05) is 52.8 Å². The number of hydrogen-bond acceptors (Lipinski definition) is 1.